The van der Waals surface area contributed by atoms with Crippen molar-refractivity contribution in [3.05, 3.63) is 11.8 Å². The molecule has 0 unspecified atom stereocenters. The topological polar surface area (TPSA) is 21.6 Å². The van der Waals surface area contributed by atoms with Gasteiger partial charge in [-0.3, -0.25) is 4.99 Å². The number of nitrogens with zero attached hydrogens (tertiary/aromatic N) is 1. The molecule has 7 heavy (non-hydrogen) atoms. The van der Waals surface area contributed by atoms with Crippen LogP contribution in [0.2, 0.25) is 0 Å². The van der Waals surface area contributed by atoms with Crippen molar-refractivity contribution in [3.63, 3.8) is 0 Å². The quantitative estimate of drug-likeness (QED) is 0.441. The Morgan fingerprint density at radius 1 is 1.86 bits per heavy atom. The minimum atomic E-state index is 0.488. The maximum absolute atomic E-state index is 4.94. The summed E-state index contributed by atoms with van der Waals surface area (Å²) in [7, 11) is 0. The molecule has 1 aliphatic rings. The Morgan fingerprint density at radius 3 is 3.00 bits per heavy atom. The van der Waals surface area contributed by atoms with Gasteiger partial charge in [0.15, 0.2) is 6.73 Å². The molecule has 0 bridgehead atoms. The van der Waals surface area contributed by atoms with Crippen molar-refractivity contribution in [1.29, 1.82) is 0 Å². The Kier molecular flexibility index (Phi) is 1.11. The van der Waals surface area contributed by atoms with Crippen molar-refractivity contribution in [2.45, 2.75) is 6.92 Å². The highest BCUT2D eigenvalue weighted by molar-refractivity contribution is 5.72. The number of aliphatic imine (C=N–C) groups is 1. The molecule has 0 radical (unpaired) electrons. The molecule has 0 amide bonds. The Morgan fingerprint density at radius 2 is 2.71 bits per heavy atom. The van der Waals surface area contributed by atoms with Crippen LogP contribution in [0.4, 0.5) is 0 Å². The number of allylic oxidation sites excluding steroid dienone is 2. The summed E-state index contributed by atoms with van der Waals surface area (Å²) in [6.07, 6.45) is 3.59. The van der Waals surface area contributed by atoms with Crippen LogP contribution >= 0.6 is 0 Å². The molecule has 0 aromatic heterocycles. The molecule has 0 aromatic rings. The highest BCUT2D eigenvalue weighted by Crippen LogP contribution is 1.96. The molecule has 1 rings (SSSR count). The van der Waals surface area contributed by atoms with E-state index in [-0.39, 0.29) is 0 Å². The van der Waals surface area contributed by atoms with Crippen LogP contribution in [0, 0.1) is 0 Å². The first-order valence-electron chi connectivity index (χ1n) is 2.19. The van der Waals surface area contributed by atoms with Gasteiger partial charge in [-0.2, -0.15) is 0 Å². The second-order valence-corrected chi connectivity index (χ2v) is 1.38. The molecule has 1 heterocycles. The Balaban J connectivity index is 2.57. The van der Waals surface area contributed by atoms with Gasteiger partial charge in [-0.05, 0) is 13.0 Å². The molecule has 0 saturated carbocycles. The first-order chi connectivity index (χ1) is 3.39. The molecule has 0 N–H and O–H groups in total. The van der Waals surface area contributed by atoms with Gasteiger partial charge >= 0.3 is 0 Å². The number of ether oxygens (including phenoxy) is 1. The summed E-state index contributed by atoms with van der Waals surface area (Å²) >= 11 is 0. The second-order valence-electron chi connectivity index (χ2n) is 1.38. The summed E-state index contributed by atoms with van der Waals surface area (Å²) < 4.78 is 4.94. The molecule has 0 saturated heterocycles. The van der Waals surface area contributed by atoms with E-state index in [2.05, 4.69) is 4.99 Å². The molecular weight excluding hydrogens is 90.1 g/mol. The molecule has 2 heteroatoms. The molecule has 0 fully saturated rings. The van der Waals surface area contributed by atoms with Gasteiger partial charge in [0, 0.05) is 6.21 Å². The van der Waals surface area contributed by atoms with Gasteiger partial charge in [0.25, 0.3) is 0 Å². The lowest BCUT2D eigenvalue weighted by molar-refractivity contribution is 0.222. The third kappa shape index (κ3) is 1.03. The summed E-state index contributed by atoms with van der Waals surface area (Å²) in [5.74, 6) is 0.940. The fourth-order valence-electron chi connectivity index (χ4n) is 0.388. The van der Waals surface area contributed by atoms with Gasteiger partial charge in [0.1, 0.15) is 0 Å². The van der Waals surface area contributed by atoms with Crippen LogP contribution in [0.1, 0.15) is 6.92 Å². The van der Waals surface area contributed by atoms with Crippen LogP contribution in [0.5, 0.6) is 0 Å². The van der Waals surface area contributed by atoms with E-state index in [1.807, 2.05) is 13.0 Å². The van der Waals surface area contributed by atoms with Crippen LogP contribution in [-0.2, 0) is 4.74 Å². The first-order valence-corrected chi connectivity index (χ1v) is 2.19. The van der Waals surface area contributed by atoms with Crippen molar-refractivity contribution >= 4 is 6.21 Å². The maximum Gasteiger partial charge on any atom is 0.178 e. The molecule has 0 aliphatic carbocycles. The van der Waals surface area contributed by atoms with E-state index in [1.54, 1.807) is 6.21 Å². The zero-order chi connectivity index (χ0) is 5.11. The van der Waals surface area contributed by atoms with Gasteiger partial charge in [-0.1, -0.05) is 0 Å². The van der Waals surface area contributed by atoms with E-state index >= 15 is 0 Å². The molecule has 0 atom stereocenters. The zero-order valence-corrected chi connectivity index (χ0v) is 4.22. The van der Waals surface area contributed by atoms with E-state index in [1.165, 1.54) is 0 Å². The standard InChI is InChI=1S/C5H7NO/c1-5-2-3-6-4-7-5/h2-3H,4H2,1H3. The molecular formula is C5H7NO. The van der Waals surface area contributed by atoms with Crippen molar-refractivity contribution in [2.24, 2.45) is 4.99 Å². The Bertz CT molecular complexity index is 115. The highest BCUT2D eigenvalue weighted by Gasteiger charge is 1.88. The van der Waals surface area contributed by atoms with Gasteiger partial charge in [-0.25, -0.2) is 0 Å². The summed E-state index contributed by atoms with van der Waals surface area (Å²) in [6.45, 7) is 2.40. The van der Waals surface area contributed by atoms with Gasteiger partial charge in [-0.15, -0.1) is 0 Å². The average molecular weight is 97.1 g/mol. The van der Waals surface area contributed by atoms with E-state index in [0.717, 1.165) is 5.76 Å². The maximum atomic E-state index is 4.94. The predicted molar refractivity (Wildman–Crippen MR) is 28.2 cm³/mol. The lowest BCUT2D eigenvalue weighted by Crippen LogP contribution is -1.93. The molecule has 1 aliphatic heterocycles. The minimum absolute atomic E-state index is 0.488. The fraction of sp³-hybridized carbons (Fsp3) is 0.400. The minimum Gasteiger partial charge on any atom is -0.476 e. The zero-order valence-electron chi connectivity index (χ0n) is 4.22. The van der Waals surface area contributed by atoms with E-state index < -0.39 is 0 Å². The third-order valence-corrected chi connectivity index (χ3v) is 0.781. The Hall–Kier alpha value is -0.790. The van der Waals surface area contributed by atoms with Crippen LogP contribution in [0.25, 0.3) is 0 Å². The van der Waals surface area contributed by atoms with Gasteiger partial charge in [0.2, 0.25) is 0 Å². The predicted octanol–water partition coefficient (Wildman–Crippen LogP) is 0.949. The number of rotatable bonds is 0. The smallest absolute Gasteiger partial charge is 0.178 e. The average Bonchev–Trinajstić information content (AvgIpc) is 1.69. The fourth-order valence-corrected chi connectivity index (χ4v) is 0.388. The monoisotopic (exact) mass is 97.1 g/mol. The van der Waals surface area contributed by atoms with E-state index in [4.69, 9.17) is 4.74 Å². The van der Waals surface area contributed by atoms with Gasteiger partial charge in [0.05, 0.1) is 5.76 Å². The SMILES string of the molecule is CC1=CC=NCO1. The third-order valence-electron chi connectivity index (χ3n) is 0.781. The van der Waals surface area contributed by atoms with E-state index in [0.29, 0.717) is 6.73 Å². The summed E-state index contributed by atoms with van der Waals surface area (Å²) in [5, 5.41) is 0. The Labute approximate surface area is 42.5 Å². The molecule has 0 spiro atoms. The van der Waals surface area contributed by atoms with E-state index in [9.17, 15) is 0 Å². The van der Waals surface area contributed by atoms with Gasteiger partial charge < -0.3 is 4.74 Å². The van der Waals surface area contributed by atoms with Crippen molar-refractivity contribution in [1.82, 2.24) is 0 Å². The van der Waals surface area contributed by atoms with Crippen LogP contribution in [0.15, 0.2) is 16.8 Å². The lowest BCUT2D eigenvalue weighted by atomic mass is 10.5. The molecule has 2 nitrogen and oxygen atoms in total. The molecule has 38 valence electrons. The summed E-state index contributed by atoms with van der Waals surface area (Å²) in [4.78, 5) is 3.80. The second kappa shape index (κ2) is 1.78. The first kappa shape index (κ1) is 4.37. The van der Waals surface area contributed by atoms with Crippen molar-refractivity contribution < 1.29 is 4.74 Å². The highest BCUT2D eigenvalue weighted by atomic mass is 16.5. The van der Waals surface area contributed by atoms with Crippen LogP contribution in [-0.4, -0.2) is 12.9 Å². The largest absolute Gasteiger partial charge is 0.476 e. The number of hydrogen-bond donors (Lipinski definition) is 0. The lowest BCUT2D eigenvalue weighted by Gasteiger charge is -2.03. The van der Waals surface area contributed by atoms with Crippen LogP contribution in [0.3, 0.4) is 0 Å². The normalized spacial score (nSPS) is 18.1. The van der Waals surface area contributed by atoms with Crippen molar-refractivity contribution in [2.75, 3.05) is 6.73 Å². The summed E-state index contributed by atoms with van der Waals surface area (Å²) in [6, 6.07) is 0. The summed E-state index contributed by atoms with van der Waals surface area (Å²) in [5.41, 5.74) is 0. The number of hydrogen-bond acceptors (Lipinski definition) is 2. The molecule has 0 aromatic carbocycles. The van der Waals surface area contributed by atoms with Crippen molar-refractivity contribution in [3.8, 4) is 0 Å². The van der Waals surface area contributed by atoms with Crippen LogP contribution < -0.4 is 0 Å².